The minimum atomic E-state index is 0. The summed E-state index contributed by atoms with van der Waals surface area (Å²) in [7, 11) is 2.07. The molecule has 68 valence electrons. The molecule has 1 unspecified atom stereocenters. The molecule has 0 aromatic heterocycles. The third-order valence-electron chi connectivity index (χ3n) is 2.81. The van der Waals surface area contributed by atoms with Crippen molar-refractivity contribution in [2.45, 2.75) is 45.1 Å². The molecule has 1 rings (SSSR count). The molecular weight excluding hydrogens is 158 g/mol. The summed E-state index contributed by atoms with van der Waals surface area (Å²) < 4.78 is 0. The molecule has 1 aliphatic carbocycles. The molecule has 0 aromatic rings. The van der Waals surface area contributed by atoms with Gasteiger partial charge in [0.25, 0.3) is 0 Å². The number of hydrogen-bond acceptors (Lipinski definition) is 1. The van der Waals surface area contributed by atoms with Crippen LogP contribution in [0.1, 0.15) is 39.0 Å². The van der Waals surface area contributed by atoms with Crippen molar-refractivity contribution in [1.82, 2.24) is 5.32 Å². The molecule has 2 heteroatoms. The molecule has 1 aliphatic rings. The Bertz CT molecular complexity index is 89.6. The van der Waals surface area contributed by atoms with Crippen molar-refractivity contribution in [3.8, 4) is 0 Å². The van der Waals surface area contributed by atoms with Crippen molar-refractivity contribution in [1.29, 1.82) is 0 Å². The van der Waals surface area contributed by atoms with Crippen LogP contribution in [0.5, 0.6) is 0 Å². The van der Waals surface area contributed by atoms with Crippen molar-refractivity contribution in [3.05, 3.63) is 0 Å². The second-order valence-electron chi connectivity index (χ2n) is 3.48. The maximum absolute atomic E-state index is 3.33. The van der Waals surface area contributed by atoms with E-state index in [1.54, 1.807) is 0 Å². The van der Waals surface area contributed by atoms with Gasteiger partial charge in [0.05, 0.1) is 0 Å². The van der Waals surface area contributed by atoms with Gasteiger partial charge in [-0.1, -0.05) is 19.3 Å². The van der Waals surface area contributed by atoms with Gasteiger partial charge < -0.3 is 5.32 Å². The molecule has 0 amide bonds. The second kappa shape index (κ2) is 5.84. The van der Waals surface area contributed by atoms with Crippen LogP contribution in [0, 0.1) is 5.92 Å². The Hall–Kier alpha value is 0.250. The van der Waals surface area contributed by atoms with Crippen molar-refractivity contribution in [2.75, 3.05) is 7.05 Å². The minimum absolute atomic E-state index is 0. The zero-order valence-corrected chi connectivity index (χ0v) is 8.41. The first kappa shape index (κ1) is 11.2. The fourth-order valence-corrected chi connectivity index (χ4v) is 1.87. The van der Waals surface area contributed by atoms with Crippen LogP contribution in [-0.2, 0) is 0 Å². The highest BCUT2D eigenvalue weighted by Crippen LogP contribution is 2.25. The maximum atomic E-state index is 3.33. The van der Waals surface area contributed by atoms with Gasteiger partial charge in [0.1, 0.15) is 0 Å². The Morgan fingerprint density at radius 3 is 2.18 bits per heavy atom. The normalized spacial score (nSPS) is 22.4. The molecule has 1 saturated carbocycles. The third-order valence-corrected chi connectivity index (χ3v) is 2.81. The smallest absolute Gasteiger partial charge is 0.00639 e. The van der Waals surface area contributed by atoms with Gasteiger partial charge in [-0.2, -0.15) is 0 Å². The molecule has 0 spiro atoms. The fraction of sp³-hybridized carbons (Fsp3) is 1.00. The molecule has 1 atom stereocenters. The highest BCUT2D eigenvalue weighted by molar-refractivity contribution is 5.85. The Balaban J connectivity index is 0.000001000. The van der Waals surface area contributed by atoms with Crippen molar-refractivity contribution >= 4 is 12.4 Å². The molecule has 11 heavy (non-hydrogen) atoms. The lowest BCUT2D eigenvalue weighted by Gasteiger charge is -2.27. The summed E-state index contributed by atoms with van der Waals surface area (Å²) in [5, 5.41) is 3.33. The Labute approximate surface area is 76.4 Å². The largest absolute Gasteiger partial charge is 0.317 e. The summed E-state index contributed by atoms with van der Waals surface area (Å²) in [6, 6.07) is 0.736. The quantitative estimate of drug-likeness (QED) is 0.684. The molecular formula is C9H20ClN. The van der Waals surface area contributed by atoms with Crippen LogP contribution in [-0.4, -0.2) is 13.1 Å². The molecule has 0 saturated heterocycles. The van der Waals surface area contributed by atoms with Crippen molar-refractivity contribution in [2.24, 2.45) is 5.92 Å². The highest BCUT2D eigenvalue weighted by atomic mass is 35.5. The first-order valence-corrected chi connectivity index (χ1v) is 4.52. The van der Waals surface area contributed by atoms with Gasteiger partial charge in [0.2, 0.25) is 0 Å². The van der Waals surface area contributed by atoms with Gasteiger partial charge in [0, 0.05) is 6.04 Å². The van der Waals surface area contributed by atoms with Gasteiger partial charge in [0.15, 0.2) is 0 Å². The minimum Gasteiger partial charge on any atom is -0.317 e. The van der Waals surface area contributed by atoms with E-state index in [-0.39, 0.29) is 12.4 Å². The van der Waals surface area contributed by atoms with E-state index in [0.717, 1.165) is 12.0 Å². The first-order chi connectivity index (χ1) is 4.84. The lowest BCUT2D eigenvalue weighted by Crippen LogP contribution is -2.31. The molecule has 0 aliphatic heterocycles. The molecule has 0 aromatic carbocycles. The summed E-state index contributed by atoms with van der Waals surface area (Å²) in [5.41, 5.74) is 0. The van der Waals surface area contributed by atoms with Gasteiger partial charge in [-0.15, -0.1) is 12.4 Å². The lowest BCUT2D eigenvalue weighted by atomic mass is 9.85. The number of hydrogen-bond donors (Lipinski definition) is 1. The average molecular weight is 178 g/mol. The summed E-state index contributed by atoms with van der Waals surface area (Å²) in [6.45, 7) is 2.30. The van der Waals surface area contributed by atoms with Gasteiger partial charge >= 0.3 is 0 Å². The van der Waals surface area contributed by atoms with Crippen LogP contribution in [0.15, 0.2) is 0 Å². The van der Waals surface area contributed by atoms with Crippen molar-refractivity contribution in [3.63, 3.8) is 0 Å². The van der Waals surface area contributed by atoms with E-state index >= 15 is 0 Å². The Morgan fingerprint density at radius 2 is 1.73 bits per heavy atom. The Morgan fingerprint density at radius 1 is 1.18 bits per heavy atom. The van der Waals surface area contributed by atoms with Gasteiger partial charge in [-0.25, -0.2) is 0 Å². The summed E-state index contributed by atoms with van der Waals surface area (Å²) in [5.74, 6) is 0.957. The van der Waals surface area contributed by atoms with Crippen LogP contribution in [0.25, 0.3) is 0 Å². The van der Waals surface area contributed by atoms with Gasteiger partial charge in [-0.05, 0) is 32.7 Å². The monoisotopic (exact) mass is 177 g/mol. The van der Waals surface area contributed by atoms with Crippen LogP contribution in [0.3, 0.4) is 0 Å². The summed E-state index contributed by atoms with van der Waals surface area (Å²) in [6.07, 6.45) is 7.27. The third kappa shape index (κ3) is 3.44. The second-order valence-corrected chi connectivity index (χ2v) is 3.48. The van der Waals surface area contributed by atoms with Crippen LogP contribution < -0.4 is 5.32 Å². The maximum Gasteiger partial charge on any atom is 0.00639 e. The highest BCUT2D eigenvalue weighted by Gasteiger charge is 2.17. The summed E-state index contributed by atoms with van der Waals surface area (Å²) >= 11 is 0. The van der Waals surface area contributed by atoms with E-state index in [1.807, 2.05) is 0 Å². The predicted octanol–water partition coefficient (Wildman–Crippen LogP) is 2.60. The number of rotatable bonds is 2. The predicted molar refractivity (Wildman–Crippen MR) is 52.3 cm³/mol. The SMILES string of the molecule is CNC(C)C1CCCCC1.Cl. The van der Waals surface area contributed by atoms with Crippen LogP contribution in [0.2, 0.25) is 0 Å². The average Bonchev–Trinajstić information content (AvgIpc) is 2.05. The zero-order chi connectivity index (χ0) is 7.40. The summed E-state index contributed by atoms with van der Waals surface area (Å²) in [4.78, 5) is 0. The van der Waals surface area contributed by atoms with E-state index < -0.39 is 0 Å². The lowest BCUT2D eigenvalue weighted by molar-refractivity contribution is 0.291. The number of halogens is 1. The van der Waals surface area contributed by atoms with E-state index in [0.29, 0.717) is 0 Å². The molecule has 1 nitrogen and oxygen atoms in total. The van der Waals surface area contributed by atoms with E-state index in [1.165, 1.54) is 32.1 Å². The fourth-order valence-electron chi connectivity index (χ4n) is 1.87. The molecule has 0 radical (unpaired) electrons. The molecule has 1 N–H and O–H groups in total. The molecule has 1 fully saturated rings. The standard InChI is InChI=1S/C9H19N.ClH/c1-8(10-2)9-6-4-3-5-7-9;/h8-10H,3-7H2,1-2H3;1H. The Kier molecular flexibility index (Phi) is 5.98. The first-order valence-electron chi connectivity index (χ1n) is 4.52. The van der Waals surface area contributed by atoms with E-state index in [4.69, 9.17) is 0 Å². The number of nitrogens with one attached hydrogen (secondary N) is 1. The van der Waals surface area contributed by atoms with E-state index in [9.17, 15) is 0 Å². The van der Waals surface area contributed by atoms with Gasteiger partial charge in [-0.3, -0.25) is 0 Å². The van der Waals surface area contributed by atoms with E-state index in [2.05, 4.69) is 19.3 Å². The van der Waals surface area contributed by atoms with Crippen LogP contribution >= 0.6 is 12.4 Å². The van der Waals surface area contributed by atoms with Crippen LogP contribution in [0.4, 0.5) is 0 Å². The topological polar surface area (TPSA) is 12.0 Å². The molecule has 0 heterocycles. The zero-order valence-electron chi connectivity index (χ0n) is 7.60. The van der Waals surface area contributed by atoms with Crippen molar-refractivity contribution < 1.29 is 0 Å². The molecule has 0 bridgehead atoms.